The monoisotopic (exact) mass is 582 g/mol. The Labute approximate surface area is 255 Å². The van der Waals surface area contributed by atoms with Gasteiger partial charge in [0.05, 0.1) is 19.1 Å². The first kappa shape index (κ1) is 27.4. The number of amides is 1. The SMILES string of the molecule is C=CCOc1ccc(C(=O)[C@@H]2[C@H](C(=O)c3ccc(OC)cc3)N3C=Cc4ccccc4[C@@H]3[C@@]23C(=O)Nc2ccccc23)cc1. The van der Waals surface area contributed by atoms with Crippen molar-refractivity contribution >= 4 is 29.2 Å². The van der Waals surface area contributed by atoms with E-state index >= 15 is 0 Å². The number of methoxy groups -OCH3 is 1. The fraction of sp³-hybridized carbons (Fsp3) is 0.162. The summed E-state index contributed by atoms with van der Waals surface area (Å²) in [6.45, 7) is 4.02. The van der Waals surface area contributed by atoms with E-state index in [1.54, 1.807) is 61.7 Å². The van der Waals surface area contributed by atoms with Gasteiger partial charge in [-0.2, -0.15) is 0 Å². The summed E-state index contributed by atoms with van der Waals surface area (Å²) in [6.07, 6.45) is 5.47. The van der Waals surface area contributed by atoms with Crippen LogP contribution in [-0.4, -0.2) is 42.1 Å². The summed E-state index contributed by atoms with van der Waals surface area (Å²) in [5.74, 6) is -0.690. The van der Waals surface area contributed by atoms with Gasteiger partial charge in [-0.1, -0.05) is 55.1 Å². The van der Waals surface area contributed by atoms with Crippen LogP contribution < -0.4 is 14.8 Å². The molecular weight excluding hydrogens is 552 g/mol. The van der Waals surface area contributed by atoms with E-state index in [1.165, 1.54) is 0 Å². The van der Waals surface area contributed by atoms with Gasteiger partial charge in [-0.15, -0.1) is 0 Å². The molecule has 44 heavy (non-hydrogen) atoms. The first-order valence-electron chi connectivity index (χ1n) is 14.5. The second-order valence-electron chi connectivity index (χ2n) is 11.2. The van der Waals surface area contributed by atoms with E-state index in [-0.39, 0.29) is 17.5 Å². The van der Waals surface area contributed by atoms with Gasteiger partial charge in [0.15, 0.2) is 11.6 Å². The molecule has 218 valence electrons. The summed E-state index contributed by atoms with van der Waals surface area (Å²) in [7, 11) is 1.57. The quantitative estimate of drug-likeness (QED) is 0.196. The zero-order valence-electron chi connectivity index (χ0n) is 24.1. The minimum atomic E-state index is -1.39. The highest BCUT2D eigenvalue weighted by Crippen LogP contribution is 2.62. The van der Waals surface area contributed by atoms with Crippen molar-refractivity contribution in [2.24, 2.45) is 5.92 Å². The predicted octanol–water partition coefficient (Wildman–Crippen LogP) is 6.24. The van der Waals surface area contributed by atoms with Crippen molar-refractivity contribution in [1.82, 2.24) is 4.90 Å². The molecule has 0 bridgehead atoms. The second-order valence-corrected chi connectivity index (χ2v) is 11.2. The van der Waals surface area contributed by atoms with Gasteiger partial charge >= 0.3 is 0 Å². The predicted molar refractivity (Wildman–Crippen MR) is 168 cm³/mol. The largest absolute Gasteiger partial charge is 0.497 e. The number of ether oxygens (including phenoxy) is 2. The van der Waals surface area contributed by atoms with Crippen molar-refractivity contribution in [3.63, 3.8) is 0 Å². The van der Waals surface area contributed by atoms with Crippen LogP contribution in [0.2, 0.25) is 0 Å². The number of rotatable bonds is 8. The highest BCUT2D eigenvalue weighted by Gasteiger charge is 2.70. The smallest absolute Gasteiger partial charge is 0.238 e. The van der Waals surface area contributed by atoms with Crippen molar-refractivity contribution in [2.45, 2.75) is 17.5 Å². The van der Waals surface area contributed by atoms with E-state index in [9.17, 15) is 14.4 Å². The molecule has 1 fully saturated rings. The number of para-hydroxylation sites is 1. The Hall–Kier alpha value is -5.43. The summed E-state index contributed by atoms with van der Waals surface area (Å²) < 4.78 is 11.0. The number of nitrogens with one attached hydrogen (secondary N) is 1. The molecule has 0 aliphatic carbocycles. The Bertz CT molecular complexity index is 1830. The lowest BCUT2D eigenvalue weighted by Gasteiger charge is -2.38. The number of carbonyl (C=O) groups excluding carboxylic acids is 3. The number of hydrogen-bond donors (Lipinski definition) is 1. The molecular formula is C37H30N2O5. The van der Waals surface area contributed by atoms with Crippen LogP contribution in [0.1, 0.15) is 43.4 Å². The van der Waals surface area contributed by atoms with E-state index in [2.05, 4.69) is 11.9 Å². The van der Waals surface area contributed by atoms with Crippen molar-refractivity contribution < 1.29 is 23.9 Å². The molecule has 1 N–H and O–H groups in total. The summed E-state index contributed by atoms with van der Waals surface area (Å²) in [5, 5.41) is 3.08. The van der Waals surface area contributed by atoms with Crippen LogP contribution in [0.5, 0.6) is 11.5 Å². The molecule has 1 spiro atoms. The molecule has 3 heterocycles. The normalized spacial score (nSPS) is 22.5. The molecule has 0 unspecified atom stereocenters. The van der Waals surface area contributed by atoms with Gasteiger partial charge in [0.1, 0.15) is 29.6 Å². The molecule has 1 amide bonds. The lowest BCUT2D eigenvalue weighted by molar-refractivity contribution is -0.122. The number of benzene rings is 4. The number of Topliss-reactive ketones (excluding diaryl/α,β-unsaturated/α-hetero) is 2. The Morgan fingerprint density at radius 1 is 0.886 bits per heavy atom. The summed E-state index contributed by atoms with van der Waals surface area (Å²) in [4.78, 5) is 46.1. The maximum absolute atomic E-state index is 14.9. The van der Waals surface area contributed by atoms with Gasteiger partial charge in [-0.3, -0.25) is 14.4 Å². The lowest BCUT2D eigenvalue weighted by Crippen LogP contribution is -2.49. The van der Waals surface area contributed by atoms with E-state index < -0.39 is 23.4 Å². The Morgan fingerprint density at radius 3 is 2.27 bits per heavy atom. The van der Waals surface area contributed by atoms with Gasteiger partial charge in [0, 0.05) is 23.0 Å². The van der Waals surface area contributed by atoms with E-state index in [4.69, 9.17) is 9.47 Å². The molecule has 3 aliphatic heterocycles. The van der Waals surface area contributed by atoms with Crippen LogP contribution in [0.3, 0.4) is 0 Å². The zero-order valence-corrected chi connectivity index (χ0v) is 24.1. The molecule has 0 radical (unpaired) electrons. The Morgan fingerprint density at radius 2 is 1.55 bits per heavy atom. The highest BCUT2D eigenvalue weighted by molar-refractivity contribution is 6.16. The van der Waals surface area contributed by atoms with Crippen molar-refractivity contribution in [1.29, 1.82) is 0 Å². The highest BCUT2D eigenvalue weighted by atomic mass is 16.5. The van der Waals surface area contributed by atoms with Crippen LogP contribution in [-0.2, 0) is 10.2 Å². The maximum Gasteiger partial charge on any atom is 0.238 e. The van der Waals surface area contributed by atoms with Crippen molar-refractivity contribution in [3.8, 4) is 11.5 Å². The summed E-state index contributed by atoms with van der Waals surface area (Å²) in [6, 6.07) is 27.5. The average Bonchev–Trinajstić information content (AvgIpc) is 3.55. The minimum absolute atomic E-state index is 0.250. The van der Waals surface area contributed by atoms with E-state index in [0.29, 0.717) is 40.5 Å². The topological polar surface area (TPSA) is 84.9 Å². The molecule has 7 rings (SSSR count). The standard InChI is InChI=1S/C37H30N2O5/c1-3-22-44-27-18-14-24(15-19-27)33(40)31-32(34(41)25-12-16-26(43-2)17-13-25)39-21-20-23-8-4-5-9-28(23)35(39)37(31)29-10-6-7-11-30(29)38-36(37)42/h3-21,31-32,35H,1,22H2,2H3,(H,38,42)/t31-,32+,35+,37-/m0/s1. The lowest BCUT2D eigenvalue weighted by atomic mass is 9.62. The third kappa shape index (κ3) is 4.00. The molecule has 4 atom stereocenters. The van der Waals surface area contributed by atoms with Crippen molar-refractivity contribution in [3.05, 3.63) is 144 Å². The number of carbonyl (C=O) groups is 3. The maximum atomic E-state index is 14.9. The Balaban J connectivity index is 1.46. The van der Waals surface area contributed by atoms with Gasteiger partial charge in [-0.05, 0) is 77.4 Å². The van der Waals surface area contributed by atoms with Gasteiger partial charge < -0.3 is 19.7 Å². The average molecular weight is 583 g/mol. The first-order valence-corrected chi connectivity index (χ1v) is 14.5. The summed E-state index contributed by atoms with van der Waals surface area (Å²) >= 11 is 0. The first-order chi connectivity index (χ1) is 21.5. The fourth-order valence-corrected chi connectivity index (χ4v) is 7.14. The third-order valence-corrected chi connectivity index (χ3v) is 9.00. The molecule has 0 saturated carbocycles. The molecule has 7 heteroatoms. The van der Waals surface area contributed by atoms with Crippen LogP contribution in [0, 0.1) is 5.92 Å². The number of fused-ring (bicyclic) bond motifs is 6. The third-order valence-electron chi connectivity index (χ3n) is 9.00. The van der Waals surface area contributed by atoms with Crippen LogP contribution >= 0.6 is 0 Å². The molecule has 0 aromatic heterocycles. The minimum Gasteiger partial charge on any atom is -0.497 e. The number of hydrogen-bond acceptors (Lipinski definition) is 6. The Kier molecular flexibility index (Phi) is 6.66. The number of anilines is 1. The van der Waals surface area contributed by atoms with Gasteiger partial charge in [0.25, 0.3) is 0 Å². The summed E-state index contributed by atoms with van der Waals surface area (Å²) in [5.41, 5.74) is 2.61. The zero-order chi connectivity index (χ0) is 30.4. The molecule has 4 aromatic rings. The van der Waals surface area contributed by atoms with Crippen LogP contribution in [0.25, 0.3) is 6.08 Å². The second kappa shape index (κ2) is 10.7. The molecule has 7 nitrogen and oxygen atoms in total. The molecule has 3 aliphatic rings. The van der Waals surface area contributed by atoms with Gasteiger partial charge in [0.2, 0.25) is 5.91 Å². The fourth-order valence-electron chi connectivity index (χ4n) is 7.14. The molecule has 1 saturated heterocycles. The van der Waals surface area contributed by atoms with E-state index in [0.717, 1.165) is 11.1 Å². The molecule has 4 aromatic carbocycles. The van der Waals surface area contributed by atoms with Gasteiger partial charge in [-0.25, -0.2) is 0 Å². The van der Waals surface area contributed by atoms with E-state index in [1.807, 2.05) is 65.7 Å². The van der Waals surface area contributed by atoms with Crippen molar-refractivity contribution in [2.75, 3.05) is 19.0 Å². The van der Waals surface area contributed by atoms with Crippen LogP contribution in [0.4, 0.5) is 5.69 Å². The number of ketones is 2. The van der Waals surface area contributed by atoms with Crippen LogP contribution in [0.15, 0.2) is 116 Å². The number of nitrogens with zero attached hydrogens (tertiary/aromatic N) is 1.